The van der Waals surface area contributed by atoms with Crippen LogP contribution in [0.25, 0.3) is 0 Å². The fourth-order valence-corrected chi connectivity index (χ4v) is 8.43. The van der Waals surface area contributed by atoms with Gasteiger partial charge in [0.25, 0.3) is 0 Å². The minimum absolute atomic E-state index is 0.100. The van der Waals surface area contributed by atoms with Crippen molar-refractivity contribution in [2.75, 3.05) is 13.2 Å². The predicted molar refractivity (Wildman–Crippen MR) is 334 cm³/mol. The Morgan fingerprint density at radius 3 is 0.805 bits per heavy atom. The molecule has 0 aliphatic rings. The zero-order valence-corrected chi connectivity index (χ0v) is 49.9. The highest BCUT2D eigenvalue weighted by Crippen LogP contribution is 2.15. The van der Waals surface area contributed by atoms with Crippen LogP contribution in [0.3, 0.4) is 0 Å². The second-order valence-electron chi connectivity index (χ2n) is 20.5. The number of hydrogen-bond acceptors (Lipinski definition) is 6. The third-order valence-electron chi connectivity index (χ3n) is 13.1. The van der Waals surface area contributed by atoms with Crippen molar-refractivity contribution in [2.24, 2.45) is 0 Å². The average Bonchev–Trinajstić information content (AvgIpc) is 3.43. The van der Waals surface area contributed by atoms with Gasteiger partial charge in [-0.05, 0) is 135 Å². The number of esters is 3. The number of carbonyl (C=O) groups excluding carboxylic acids is 3. The summed E-state index contributed by atoms with van der Waals surface area (Å²) in [7, 11) is 0. The number of allylic oxidation sites excluding steroid dienone is 22. The van der Waals surface area contributed by atoms with Crippen LogP contribution in [0.4, 0.5) is 0 Å². The Balaban J connectivity index is 4.42. The molecule has 1 unspecified atom stereocenters. The lowest BCUT2D eigenvalue weighted by Gasteiger charge is -2.18. The SMILES string of the molecule is CC/C=C\C/C=C\C/C=C\C/C=C\C/C=C\CCCCCC(=O)OC(COC(=O)CCCCCCC/C=C\C/C=C\CCCCC)COC(=O)CCCCCCCCCCCCCC/C=C\C/C=C\C/C=C\C/C=C\CC. The monoisotopic (exact) mass is 1060 g/mol. The van der Waals surface area contributed by atoms with Gasteiger partial charge in [0.1, 0.15) is 13.2 Å². The molecule has 0 saturated carbocycles. The Morgan fingerprint density at radius 1 is 0.273 bits per heavy atom. The molecule has 0 rings (SSSR count). The highest BCUT2D eigenvalue weighted by molar-refractivity contribution is 5.71. The van der Waals surface area contributed by atoms with Crippen molar-refractivity contribution in [1.29, 1.82) is 0 Å². The molecular formula is C71H116O6. The van der Waals surface area contributed by atoms with Crippen LogP contribution in [-0.4, -0.2) is 37.2 Å². The van der Waals surface area contributed by atoms with Crippen LogP contribution in [0.2, 0.25) is 0 Å². The van der Waals surface area contributed by atoms with Crippen LogP contribution in [0, 0.1) is 0 Å². The van der Waals surface area contributed by atoms with Crippen LogP contribution in [0.15, 0.2) is 134 Å². The summed E-state index contributed by atoms with van der Waals surface area (Å²) in [5.41, 5.74) is 0. The maximum absolute atomic E-state index is 12.9. The van der Waals surface area contributed by atoms with Gasteiger partial charge in [-0.3, -0.25) is 14.4 Å². The zero-order valence-electron chi connectivity index (χ0n) is 49.9. The fraction of sp³-hybridized carbons (Fsp3) is 0.648. The third-order valence-corrected chi connectivity index (χ3v) is 13.1. The molecule has 0 bridgehead atoms. The lowest BCUT2D eigenvalue weighted by atomic mass is 10.0. The standard InChI is InChI=1S/C71H116O6/c1-4-7-10-13-16-19-22-25-28-30-32-33-34-35-36-37-39-40-43-46-49-52-55-58-61-64-70(73)76-67-68(66-75-69(72)63-60-57-54-51-48-45-42-27-24-21-18-15-12-9-6-3)77-71(74)65-62-59-56-53-50-47-44-41-38-31-29-26-23-20-17-14-11-8-5-2/h7-8,10-11,16-21,25-29,32-33,38,41-42,47,50,68H,4-6,9,12-15,22-24,30-31,34-37,39-40,43-46,48-49,51-67H2,1-3H3/b10-7-,11-8-,19-16-,20-17-,21-18-,28-25-,29-26-,33-32-,41-38-,42-27-,50-47-. The van der Waals surface area contributed by atoms with Crippen LogP contribution >= 0.6 is 0 Å². The maximum atomic E-state index is 12.9. The van der Waals surface area contributed by atoms with Crippen molar-refractivity contribution < 1.29 is 28.6 Å². The molecule has 0 amide bonds. The van der Waals surface area contributed by atoms with E-state index in [-0.39, 0.29) is 37.5 Å². The molecule has 0 radical (unpaired) electrons. The molecule has 1 atom stereocenters. The Bertz CT molecular complexity index is 1650. The van der Waals surface area contributed by atoms with E-state index >= 15 is 0 Å². The summed E-state index contributed by atoms with van der Waals surface area (Å²) in [5, 5.41) is 0. The number of hydrogen-bond donors (Lipinski definition) is 0. The second kappa shape index (κ2) is 64.1. The van der Waals surface area contributed by atoms with Gasteiger partial charge in [0.05, 0.1) is 0 Å². The Morgan fingerprint density at radius 2 is 0.506 bits per heavy atom. The van der Waals surface area contributed by atoms with Crippen molar-refractivity contribution in [3.05, 3.63) is 134 Å². The van der Waals surface area contributed by atoms with E-state index in [0.29, 0.717) is 12.8 Å². The first-order valence-electron chi connectivity index (χ1n) is 31.7. The first-order valence-corrected chi connectivity index (χ1v) is 31.7. The van der Waals surface area contributed by atoms with Crippen LogP contribution < -0.4 is 0 Å². The second-order valence-corrected chi connectivity index (χ2v) is 20.5. The first-order chi connectivity index (χ1) is 38.0. The Labute approximate surface area is 475 Å². The number of carbonyl (C=O) groups is 3. The normalized spacial score (nSPS) is 13.0. The summed E-state index contributed by atoms with van der Waals surface area (Å²) < 4.78 is 16.9. The minimum atomic E-state index is -0.808. The van der Waals surface area contributed by atoms with E-state index in [1.807, 2.05) is 0 Å². The number of ether oxygens (including phenoxy) is 3. The topological polar surface area (TPSA) is 78.9 Å². The first kappa shape index (κ1) is 72.5. The van der Waals surface area contributed by atoms with Gasteiger partial charge in [-0.1, -0.05) is 257 Å². The van der Waals surface area contributed by atoms with E-state index < -0.39 is 6.10 Å². The molecular weight excluding hydrogens is 949 g/mol. The lowest BCUT2D eigenvalue weighted by molar-refractivity contribution is -0.167. The van der Waals surface area contributed by atoms with Gasteiger partial charge in [0.2, 0.25) is 0 Å². The minimum Gasteiger partial charge on any atom is -0.462 e. The highest BCUT2D eigenvalue weighted by atomic mass is 16.6. The molecule has 436 valence electrons. The summed E-state index contributed by atoms with van der Waals surface area (Å²) in [5.74, 6) is -0.947. The van der Waals surface area contributed by atoms with Crippen molar-refractivity contribution >= 4 is 17.9 Å². The highest BCUT2D eigenvalue weighted by Gasteiger charge is 2.19. The van der Waals surface area contributed by atoms with Gasteiger partial charge < -0.3 is 14.2 Å². The Kier molecular flexibility index (Phi) is 60.4. The van der Waals surface area contributed by atoms with Crippen molar-refractivity contribution in [3.8, 4) is 0 Å². The third kappa shape index (κ3) is 62.3. The molecule has 6 nitrogen and oxygen atoms in total. The Hall–Kier alpha value is -4.45. The van der Waals surface area contributed by atoms with E-state index in [2.05, 4.69) is 154 Å². The molecule has 0 heterocycles. The van der Waals surface area contributed by atoms with Gasteiger partial charge in [-0.25, -0.2) is 0 Å². The van der Waals surface area contributed by atoms with Crippen LogP contribution in [0.5, 0.6) is 0 Å². The van der Waals surface area contributed by atoms with Crippen molar-refractivity contribution in [1.82, 2.24) is 0 Å². The van der Waals surface area contributed by atoms with E-state index in [4.69, 9.17) is 14.2 Å². The molecule has 0 fully saturated rings. The van der Waals surface area contributed by atoms with Gasteiger partial charge >= 0.3 is 17.9 Å². The fourth-order valence-electron chi connectivity index (χ4n) is 8.43. The molecule has 0 saturated heterocycles. The number of rotatable bonds is 56. The lowest BCUT2D eigenvalue weighted by Crippen LogP contribution is -2.30. The van der Waals surface area contributed by atoms with E-state index in [0.717, 1.165) is 148 Å². The van der Waals surface area contributed by atoms with Gasteiger partial charge in [-0.15, -0.1) is 0 Å². The summed E-state index contributed by atoms with van der Waals surface area (Å²) in [6.07, 6.45) is 90.2. The van der Waals surface area contributed by atoms with Crippen molar-refractivity contribution in [3.63, 3.8) is 0 Å². The average molecular weight is 1070 g/mol. The maximum Gasteiger partial charge on any atom is 0.306 e. The quantitative estimate of drug-likeness (QED) is 0.0261. The molecule has 77 heavy (non-hydrogen) atoms. The molecule has 0 N–H and O–H groups in total. The molecule has 0 aromatic heterocycles. The van der Waals surface area contributed by atoms with Gasteiger partial charge in [-0.2, -0.15) is 0 Å². The van der Waals surface area contributed by atoms with Gasteiger partial charge in [0, 0.05) is 19.3 Å². The summed E-state index contributed by atoms with van der Waals surface area (Å²) in [6, 6.07) is 0. The predicted octanol–water partition coefficient (Wildman–Crippen LogP) is 21.8. The molecule has 6 heteroatoms. The van der Waals surface area contributed by atoms with E-state index in [1.54, 1.807) is 0 Å². The number of unbranched alkanes of at least 4 members (excludes halogenated alkanes) is 23. The summed E-state index contributed by atoms with van der Waals surface area (Å²) in [4.78, 5) is 38.3. The van der Waals surface area contributed by atoms with Crippen LogP contribution in [0.1, 0.15) is 278 Å². The van der Waals surface area contributed by atoms with E-state index in [9.17, 15) is 14.4 Å². The van der Waals surface area contributed by atoms with Crippen LogP contribution in [-0.2, 0) is 28.6 Å². The smallest absolute Gasteiger partial charge is 0.306 e. The molecule has 0 spiro atoms. The molecule has 0 aromatic rings. The molecule has 0 aromatic carbocycles. The zero-order chi connectivity index (χ0) is 55.7. The summed E-state index contributed by atoms with van der Waals surface area (Å²) in [6.45, 7) is 6.36. The summed E-state index contributed by atoms with van der Waals surface area (Å²) >= 11 is 0. The van der Waals surface area contributed by atoms with Gasteiger partial charge in [0.15, 0.2) is 6.10 Å². The molecule has 0 aliphatic carbocycles. The van der Waals surface area contributed by atoms with Crippen molar-refractivity contribution in [2.45, 2.75) is 284 Å². The van der Waals surface area contributed by atoms with E-state index in [1.165, 1.54) is 89.9 Å². The molecule has 0 aliphatic heterocycles. The largest absolute Gasteiger partial charge is 0.462 e.